The molecule has 0 bridgehead atoms. The van der Waals surface area contributed by atoms with Gasteiger partial charge in [-0.25, -0.2) is 9.98 Å². The molecule has 2 fully saturated rings. The van der Waals surface area contributed by atoms with E-state index in [1.54, 1.807) is 0 Å². The molecule has 1 aliphatic heterocycles. The lowest BCUT2D eigenvalue weighted by Crippen LogP contribution is -2.44. The van der Waals surface area contributed by atoms with Gasteiger partial charge in [0.2, 0.25) is 0 Å². The number of para-hydroxylation sites is 1. The average molecular weight is 565 g/mol. The molecule has 0 atom stereocenters. The number of rotatable bonds is 9. The average Bonchev–Trinajstić information content (AvgIpc) is 3.66. The summed E-state index contributed by atoms with van der Waals surface area (Å²) < 4.78 is 6.03. The summed E-state index contributed by atoms with van der Waals surface area (Å²) in [5.41, 5.74) is 2.25. The number of guanidine groups is 1. The Labute approximate surface area is 215 Å². The van der Waals surface area contributed by atoms with Crippen molar-refractivity contribution in [3.63, 3.8) is 0 Å². The van der Waals surface area contributed by atoms with E-state index < -0.39 is 0 Å². The van der Waals surface area contributed by atoms with Crippen molar-refractivity contribution in [2.75, 3.05) is 51.3 Å². The van der Waals surface area contributed by atoms with E-state index in [4.69, 9.17) is 9.73 Å². The number of hydrogen-bond acceptors (Lipinski definition) is 5. The molecule has 2 aliphatic rings. The third-order valence-corrected chi connectivity index (χ3v) is 5.99. The fourth-order valence-electron chi connectivity index (χ4n) is 3.71. The molecule has 1 aliphatic carbocycles. The quantitative estimate of drug-likeness (QED) is 0.276. The number of ether oxygens (including phenoxy) is 1. The van der Waals surface area contributed by atoms with Crippen LogP contribution in [0.3, 0.4) is 0 Å². The van der Waals surface area contributed by atoms with Crippen LogP contribution in [0.1, 0.15) is 30.9 Å². The zero-order valence-corrected chi connectivity index (χ0v) is 22.1. The zero-order valence-electron chi connectivity index (χ0n) is 19.8. The van der Waals surface area contributed by atoms with E-state index in [1.165, 1.54) is 12.8 Å². The Balaban J connectivity index is 0.00000306. The third kappa shape index (κ3) is 8.03. The van der Waals surface area contributed by atoms with Crippen molar-refractivity contribution in [2.45, 2.75) is 32.9 Å². The Morgan fingerprint density at radius 3 is 2.58 bits per heavy atom. The van der Waals surface area contributed by atoms with E-state index in [9.17, 15) is 0 Å². The first kappa shape index (κ1) is 25.6. The maximum absolute atomic E-state index is 6.03. The van der Waals surface area contributed by atoms with Gasteiger partial charge in [-0.2, -0.15) is 0 Å². The van der Waals surface area contributed by atoms with Crippen molar-refractivity contribution in [1.29, 1.82) is 0 Å². The van der Waals surface area contributed by atoms with Crippen LogP contribution in [0, 0.1) is 5.92 Å². The number of benzene rings is 1. The Morgan fingerprint density at radius 1 is 1.09 bits per heavy atom. The molecule has 1 saturated carbocycles. The number of piperazine rings is 1. The highest BCUT2D eigenvalue weighted by atomic mass is 127. The maximum Gasteiger partial charge on any atom is 0.191 e. The number of halogens is 1. The Kier molecular flexibility index (Phi) is 10.1. The summed E-state index contributed by atoms with van der Waals surface area (Å²) in [7, 11) is 2.17. The van der Waals surface area contributed by atoms with E-state index in [0.717, 1.165) is 73.9 Å². The molecule has 2 heterocycles. The number of aromatic nitrogens is 1. The van der Waals surface area contributed by atoms with Gasteiger partial charge in [0, 0.05) is 51.0 Å². The van der Waals surface area contributed by atoms with Crippen LogP contribution in [0.15, 0.2) is 47.6 Å². The minimum atomic E-state index is 0. The lowest BCUT2D eigenvalue weighted by atomic mass is 10.2. The summed E-state index contributed by atoms with van der Waals surface area (Å²) in [5.74, 6) is 3.56. The van der Waals surface area contributed by atoms with Gasteiger partial charge in [-0.1, -0.05) is 24.3 Å². The van der Waals surface area contributed by atoms with Crippen molar-refractivity contribution in [3.8, 4) is 5.75 Å². The van der Waals surface area contributed by atoms with E-state index in [-0.39, 0.29) is 24.0 Å². The number of aliphatic imine (C=N–C) groups is 1. The van der Waals surface area contributed by atoms with E-state index in [1.807, 2.05) is 12.3 Å². The molecule has 180 valence electrons. The molecule has 1 aromatic heterocycles. The summed E-state index contributed by atoms with van der Waals surface area (Å²) in [5, 5.41) is 6.78. The van der Waals surface area contributed by atoms with Crippen LogP contribution < -0.4 is 20.3 Å². The van der Waals surface area contributed by atoms with Crippen LogP contribution >= 0.6 is 24.0 Å². The van der Waals surface area contributed by atoms with Crippen LogP contribution in [0.5, 0.6) is 5.75 Å². The molecule has 0 amide bonds. The van der Waals surface area contributed by atoms with Gasteiger partial charge >= 0.3 is 0 Å². The first-order chi connectivity index (χ1) is 15.7. The predicted molar refractivity (Wildman–Crippen MR) is 146 cm³/mol. The van der Waals surface area contributed by atoms with Crippen LogP contribution in [0.4, 0.5) is 5.82 Å². The van der Waals surface area contributed by atoms with Crippen LogP contribution in [0.25, 0.3) is 0 Å². The number of anilines is 1. The minimum Gasteiger partial charge on any atom is -0.493 e. The molecular weight excluding hydrogens is 527 g/mol. The lowest BCUT2D eigenvalue weighted by molar-refractivity contribution is 0.296. The molecule has 1 saturated heterocycles. The van der Waals surface area contributed by atoms with Gasteiger partial charge in [0.1, 0.15) is 11.6 Å². The third-order valence-electron chi connectivity index (χ3n) is 5.99. The summed E-state index contributed by atoms with van der Waals surface area (Å²) in [6, 6.07) is 12.5. The molecule has 2 aromatic rings. The monoisotopic (exact) mass is 564 g/mol. The van der Waals surface area contributed by atoms with Crippen molar-refractivity contribution in [3.05, 3.63) is 53.7 Å². The number of hydrogen-bond donors (Lipinski definition) is 2. The summed E-state index contributed by atoms with van der Waals surface area (Å²) in [6.45, 7) is 9.20. The molecule has 33 heavy (non-hydrogen) atoms. The normalized spacial score (nSPS) is 16.8. The van der Waals surface area contributed by atoms with Gasteiger partial charge in [-0.15, -0.1) is 24.0 Å². The Morgan fingerprint density at radius 2 is 1.88 bits per heavy atom. The molecule has 0 spiro atoms. The van der Waals surface area contributed by atoms with Crippen molar-refractivity contribution in [1.82, 2.24) is 20.5 Å². The highest BCUT2D eigenvalue weighted by Gasteiger charge is 2.22. The van der Waals surface area contributed by atoms with Gasteiger partial charge in [0.05, 0.1) is 13.2 Å². The Hall–Kier alpha value is -2.07. The zero-order chi connectivity index (χ0) is 22.2. The fraction of sp³-hybridized carbons (Fsp3) is 0.520. The summed E-state index contributed by atoms with van der Waals surface area (Å²) in [6.07, 6.45) is 4.54. The molecule has 8 heteroatoms. The molecule has 4 rings (SSSR count). The lowest BCUT2D eigenvalue weighted by Gasteiger charge is -2.33. The molecular formula is C25H37IN6O. The molecule has 0 radical (unpaired) electrons. The second-order valence-corrected chi connectivity index (χ2v) is 8.73. The number of nitrogens with one attached hydrogen (secondary N) is 2. The van der Waals surface area contributed by atoms with Crippen LogP contribution in [-0.4, -0.2) is 62.2 Å². The van der Waals surface area contributed by atoms with E-state index >= 15 is 0 Å². The number of pyridine rings is 1. The molecule has 2 N–H and O–H groups in total. The van der Waals surface area contributed by atoms with Crippen LogP contribution in [0.2, 0.25) is 0 Å². The van der Waals surface area contributed by atoms with Gasteiger partial charge < -0.3 is 25.2 Å². The number of likely N-dealkylation sites (N-methyl/N-ethyl adjacent to an activating group) is 1. The number of nitrogens with zero attached hydrogens (tertiary/aromatic N) is 4. The molecule has 1 aromatic carbocycles. The molecule has 7 nitrogen and oxygen atoms in total. The van der Waals surface area contributed by atoms with Gasteiger partial charge in [-0.3, -0.25) is 0 Å². The van der Waals surface area contributed by atoms with Gasteiger partial charge in [0.15, 0.2) is 5.96 Å². The second-order valence-electron chi connectivity index (χ2n) is 8.73. The maximum atomic E-state index is 6.03. The standard InChI is InChI=1S/C25H36N6O.HI/c1-3-26-25(29-18-22-6-4-5-7-23(22)32-19-20-8-9-20)28-17-21-10-11-24(27-16-21)31-14-12-30(2)13-15-31;/h4-7,10-11,16,20H,3,8-9,12-15,17-19H2,1-2H3,(H2,26,28,29);1H. The highest BCUT2D eigenvalue weighted by Crippen LogP contribution is 2.30. The predicted octanol–water partition coefficient (Wildman–Crippen LogP) is 3.50. The first-order valence-electron chi connectivity index (χ1n) is 11.8. The smallest absolute Gasteiger partial charge is 0.191 e. The van der Waals surface area contributed by atoms with Gasteiger partial charge in [0.25, 0.3) is 0 Å². The van der Waals surface area contributed by atoms with E-state index in [0.29, 0.717) is 13.1 Å². The minimum absolute atomic E-state index is 0. The first-order valence-corrected chi connectivity index (χ1v) is 11.8. The second kappa shape index (κ2) is 13.0. The SMILES string of the molecule is CCNC(=NCc1ccc(N2CCN(C)CC2)nc1)NCc1ccccc1OCC1CC1.I. The largest absolute Gasteiger partial charge is 0.493 e. The van der Waals surface area contributed by atoms with Gasteiger partial charge in [-0.05, 0) is 50.4 Å². The van der Waals surface area contributed by atoms with Crippen molar-refractivity contribution >= 4 is 35.8 Å². The fourth-order valence-corrected chi connectivity index (χ4v) is 3.71. The van der Waals surface area contributed by atoms with Crippen LogP contribution in [-0.2, 0) is 13.1 Å². The summed E-state index contributed by atoms with van der Waals surface area (Å²) in [4.78, 5) is 14.1. The van der Waals surface area contributed by atoms with Crippen molar-refractivity contribution < 1.29 is 4.74 Å². The van der Waals surface area contributed by atoms with E-state index in [2.05, 4.69) is 69.7 Å². The highest BCUT2D eigenvalue weighted by molar-refractivity contribution is 14.0. The molecule has 0 unspecified atom stereocenters. The van der Waals surface area contributed by atoms with Crippen molar-refractivity contribution in [2.24, 2.45) is 10.9 Å². The Bertz CT molecular complexity index is 879. The summed E-state index contributed by atoms with van der Waals surface area (Å²) >= 11 is 0. The topological polar surface area (TPSA) is 65.0 Å².